The molecule has 0 bridgehead atoms. The highest BCUT2D eigenvalue weighted by Crippen LogP contribution is 2.50. The number of carboxylic acid groups (broad SMARTS) is 4. The molecule has 8 nitrogen and oxygen atoms in total. The fourth-order valence-electron chi connectivity index (χ4n) is 21.0. The van der Waals surface area contributed by atoms with Crippen LogP contribution in [-0.2, 0) is 19.2 Å². The summed E-state index contributed by atoms with van der Waals surface area (Å²) in [4.78, 5) is 45.4. The van der Waals surface area contributed by atoms with Crippen LogP contribution in [0.1, 0.15) is 351 Å². The minimum atomic E-state index is -0.657. The quantitative estimate of drug-likeness (QED) is 0.0440. The van der Waals surface area contributed by atoms with Gasteiger partial charge in [-0.2, -0.15) is 0 Å². The Labute approximate surface area is 541 Å². The molecule has 6 rings (SSSR count). The number of rotatable bonds is 47. The third-order valence-electron chi connectivity index (χ3n) is 26.7. The Balaban J connectivity index is 1.01. The van der Waals surface area contributed by atoms with Crippen molar-refractivity contribution in [1.82, 2.24) is 0 Å². The second-order valence-electron chi connectivity index (χ2n) is 34.2. The van der Waals surface area contributed by atoms with E-state index < -0.39 is 23.9 Å². The van der Waals surface area contributed by atoms with Crippen LogP contribution in [0.5, 0.6) is 0 Å². The minimum Gasteiger partial charge on any atom is -0.481 e. The van der Waals surface area contributed by atoms with Crippen molar-refractivity contribution in [3.05, 3.63) is 0 Å². The topological polar surface area (TPSA) is 149 Å². The second-order valence-corrected chi connectivity index (χ2v) is 34.2. The maximum absolute atomic E-state index is 11.5. The highest BCUT2D eigenvalue weighted by Gasteiger charge is 2.40. The van der Waals surface area contributed by atoms with E-state index >= 15 is 0 Å². The van der Waals surface area contributed by atoms with Gasteiger partial charge in [0.1, 0.15) is 0 Å². The molecule has 8 heteroatoms. The first-order valence-corrected chi connectivity index (χ1v) is 39.0. The van der Waals surface area contributed by atoms with Gasteiger partial charge in [0.05, 0.1) is 0 Å². The van der Waals surface area contributed by atoms with Crippen LogP contribution in [-0.4, -0.2) is 44.3 Å². The molecule has 88 heavy (non-hydrogen) atoms. The molecular weight excluding hydrogens is 1090 g/mol. The average Bonchev–Trinajstić information content (AvgIpc) is 4.33. The van der Waals surface area contributed by atoms with Gasteiger partial charge in [0, 0.05) is 25.7 Å². The maximum Gasteiger partial charge on any atom is 0.303 e. The largest absolute Gasteiger partial charge is 0.481 e. The molecule has 0 aromatic carbocycles. The molecule has 0 heterocycles. The van der Waals surface area contributed by atoms with Crippen LogP contribution in [0.15, 0.2) is 0 Å². The lowest BCUT2D eigenvalue weighted by atomic mass is 9.79. The van der Waals surface area contributed by atoms with E-state index in [4.69, 9.17) is 0 Å². The predicted molar refractivity (Wildman–Crippen MR) is 365 cm³/mol. The van der Waals surface area contributed by atoms with E-state index in [0.717, 1.165) is 145 Å². The van der Waals surface area contributed by atoms with Gasteiger partial charge in [0.25, 0.3) is 0 Å². The molecule has 0 aliphatic heterocycles. The first-order valence-electron chi connectivity index (χ1n) is 39.0. The molecule has 0 saturated heterocycles. The van der Waals surface area contributed by atoms with Gasteiger partial charge in [0.15, 0.2) is 0 Å². The lowest BCUT2D eigenvalue weighted by molar-refractivity contribution is -0.139. The summed E-state index contributed by atoms with van der Waals surface area (Å²) in [6, 6.07) is 0. The van der Waals surface area contributed by atoms with E-state index in [0.29, 0.717) is 37.5 Å². The molecule has 6 fully saturated rings. The summed E-state index contributed by atoms with van der Waals surface area (Å²) in [6.45, 7) is 19.7. The SMILES string of the molecule is CC(CCCC1CCC(C(C)CCCC(C)CC(CCCCC(C)C2CCC(C3CCC(CC(=O)O)C3)C2)CCC(CCCCC(C)C2CCC(C3CCC(CC(=O)O)C3)C2)CC(C)CCCC(C)C2CCC(CCCC(C)CC(=O)O)C2)C1)CC(=O)O. The van der Waals surface area contributed by atoms with Crippen LogP contribution in [0.3, 0.4) is 0 Å². The minimum absolute atomic E-state index is 0.287. The summed E-state index contributed by atoms with van der Waals surface area (Å²) in [6.07, 6.45) is 57.0. The first kappa shape index (κ1) is 74.9. The Morgan fingerprint density at radius 1 is 0.295 bits per heavy atom. The highest BCUT2D eigenvalue weighted by molar-refractivity contribution is 5.68. The van der Waals surface area contributed by atoms with Gasteiger partial charge in [-0.3, -0.25) is 19.2 Å². The number of unbranched alkanes of at least 4 members (excludes halogenated alkanes) is 2. The zero-order valence-electron chi connectivity index (χ0n) is 58.7. The summed E-state index contributed by atoms with van der Waals surface area (Å²) in [5, 5.41) is 37.4. The summed E-state index contributed by atoms with van der Waals surface area (Å²) >= 11 is 0. The van der Waals surface area contributed by atoms with Crippen molar-refractivity contribution in [3.63, 3.8) is 0 Å². The van der Waals surface area contributed by atoms with Gasteiger partial charge in [-0.25, -0.2) is 0 Å². The molecule has 0 aromatic rings. The zero-order valence-corrected chi connectivity index (χ0v) is 58.7. The third kappa shape index (κ3) is 28.2. The van der Waals surface area contributed by atoms with Crippen LogP contribution in [0.25, 0.3) is 0 Å². The van der Waals surface area contributed by atoms with Crippen molar-refractivity contribution in [1.29, 1.82) is 0 Å². The molecule has 6 aliphatic rings. The molecule has 0 amide bonds. The smallest absolute Gasteiger partial charge is 0.303 e. The van der Waals surface area contributed by atoms with Gasteiger partial charge < -0.3 is 20.4 Å². The van der Waals surface area contributed by atoms with Crippen LogP contribution < -0.4 is 0 Å². The number of aliphatic carboxylic acids is 4. The summed E-state index contributed by atoms with van der Waals surface area (Å²) in [5.41, 5.74) is 0. The number of hydrogen-bond donors (Lipinski definition) is 4. The molecule has 22 atom stereocenters. The molecule has 510 valence electrons. The van der Waals surface area contributed by atoms with E-state index in [9.17, 15) is 39.6 Å². The molecule has 6 saturated carbocycles. The average molecular weight is 1230 g/mol. The van der Waals surface area contributed by atoms with Crippen LogP contribution in [0.2, 0.25) is 0 Å². The van der Waals surface area contributed by atoms with E-state index in [1.54, 1.807) is 0 Å². The van der Waals surface area contributed by atoms with Crippen LogP contribution in [0.4, 0.5) is 0 Å². The van der Waals surface area contributed by atoms with Crippen molar-refractivity contribution in [2.45, 2.75) is 351 Å². The molecule has 0 aromatic heterocycles. The maximum atomic E-state index is 11.5. The van der Waals surface area contributed by atoms with Crippen molar-refractivity contribution < 1.29 is 39.6 Å². The normalized spacial score (nSPS) is 30.9. The standard InChI is InChI=1S/C80H142O8/c1-55(17-13-23-61(7)69-35-31-65(47-69)27-15-19-57(3)45-77(81)82)43-63(25-11-9-21-59(5)71-39-41-75(53-71)73-37-33-67(49-73)51-79(85)86)29-30-64(26-12-10-22-60(6)72-40-42-76(54-72)74-38-34-68(50-74)52-80(87)88)44-56(2)18-14-24-62(8)70-36-32-66(48-70)28-16-20-58(4)46-78(83)84/h55-76H,9-54H2,1-8H3,(H,81,82)(H,83,84)(H,85,86)(H,87,88). The summed E-state index contributed by atoms with van der Waals surface area (Å²) in [7, 11) is 0. The van der Waals surface area contributed by atoms with Gasteiger partial charge in [-0.15, -0.1) is 0 Å². The summed E-state index contributed by atoms with van der Waals surface area (Å²) < 4.78 is 0. The zero-order chi connectivity index (χ0) is 63.5. The lowest BCUT2D eigenvalue weighted by Gasteiger charge is -2.27. The molecule has 4 N–H and O–H groups in total. The van der Waals surface area contributed by atoms with Gasteiger partial charge in [-0.1, -0.05) is 209 Å². The molecule has 22 unspecified atom stereocenters. The Morgan fingerprint density at radius 3 is 0.977 bits per heavy atom. The van der Waals surface area contributed by atoms with Crippen molar-refractivity contribution in [2.75, 3.05) is 0 Å². The van der Waals surface area contributed by atoms with Crippen molar-refractivity contribution in [3.8, 4) is 0 Å². The Morgan fingerprint density at radius 2 is 0.602 bits per heavy atom. The fourth-order valence-corrected chi connectivity index (χ4v) is 21.0. The first-order chi connectivity index (χ1) is 42.2. The van der Waals surface area contributed by atoms with Crippen LogP contribution in [0, 0.1) is 130 Å². The number of carbonyl (C=O) groups is 4. The summed E-state index contributed by atoms with van der Waals surface area (Å²) in [5.74, 6) is 13.6. The Kier molecular flexibility index (Phi) is 34.2. The third-order valence-corrected chi connectivity index (χ3v) is 26.7. The van der Waals surface area contributed by atoms with Gasteiger partial charge in [0.2, 0.25) is 0 Å². The molecule has 6 aliphatic carbocycles. The monoisotopic (exact) mass is 1230 g/mol. The highest BCUT2D eigenvalue weighted by atomic mass is 16.4. The van der Waals surface area contributed by atoms with Crippen molar-refractivity contribution in [2.24, 2.45) is 130 Å². The lowest BCUT2D eigenvalue weighted by Crippen LogP contribution is -2.15. The van der Waals surface area contributed by atoms with E-state index in [2.05, 4.69) is 55.4 Å². The van der Waals surface area contributed by atoms with E-state index in [1.165, 1.54) is 231 Å². The fraction of sp³-hybridized carbons (Fsp3) is 0.950. The van der Waals surface area contributed by atoms with E-state index in [-0.39, 0.29) is 11.8 Å². The van der Waals surface area contributed by atoms with E-state index in [1.807, 2.05) is 0 Å². The second kappa shape index (κ2) is 40.2. The predicted octanol–water partition coefficient (Wildman–Crippen LogP) is 23.1. The Hall–Kier alpha value is -2.12. The number of carboxylic acids is 4. The van der Waals surface area contributed by atoms with Crippen molar-refractivity contribution >= 4 is 23.9 Å². The van der Waals surface area contributed by atoms with Gasteiger partial charge >= 0.3 is 23.9 Å². The van der Waals surface area contributed by atoms with Gasteiger partial charge in [-0.05, 0) is 246 Å². The Bertz CT molecular complexity index is 1810. The van der Waals surface area contributed by atoms with Crippen LogP contribution >= 0.6 is 0 Å². The number of hydrogen-bond acceptors (Lipinski definition) is 4. The molecule has 0 radical (unpaired) electrons. The molecule has 0 spiro atoms. The molecular formula is C80H142O8.